The first kappa shape index (κ1) is 21.1. The minimum atomic E-state index is -3.17. The van der Waals surface area contributed by atoms with Crippen molar-refractivity contribution in [1.29, 1.82) is 0 Å². The van der Waals surface area contributed by atoms with E-state index in [0.717, 1.165) is 10.7 Å². The summed E-state index contributed by atoms with van der Waals surface area (Å²) in [5, 5.41) is 16.6. The van der Waals surface area contributed by atoms with E-state index in [1.54, 1.807) is 19.1 Å². The molecular formula is C18H13ClF2N8O3. The van der Waals surface area contributed by atoms with Crippen molar-refractivity contribution in [3.8, 4) is 11.7 Å². The molecular weight excluding hydrogens is 450 g/mol. The zero-order chi connectivity index (χ0) is 23.0. The van der Waals surface area contributed by atoms with E-state index in [1.807, 2.05) is 0 Å². The van der Waals surface area contributed by atoms with E-state index in [4.69, 9.17) is 17.3 Å². The molecule has 4 N–H and O–H groups in total. The van der Waals surface area contributed by atoms with Gasteiger partial charge in [-0.3, -0.25) is 14.7 Å². The fraction of sp³-hybridized carbons (Fsp3) is 0.111. The Bertz CT molecular complexity index is 1350. The number of benzene rings is 1. The number of carbonyl (C=O) groups excluding carboxylic acids is 2. The average Bonchev–Trinajstić information content (AvgIpc) is 3.34. The molecule has 1 aromatic carbocycles. The molecule has 0 aliphatic rings. The van der Waals surface area contributed by atoms with Gasteiger partial charge in [0, 0.05) is 12.3 Å². The maximum absolute atomic E-state index is 13.1. The van der Waals surface area contributed by atoms with Crippen LogP contribution in [0.1, 0.15) is 26.4 Å². The maximum atomic E-state index is 13.1. The van der Waals surface area contributed by atoms with Crippen LogP contribution in [0.25, 0.3) is 16.9 Å². The number of primary amides is 1. The van der Waals surface area contributed by atoms with Crippen LogP contribution in [0.15, 0.2) is 30.5 Å². The van der Waals surface area contributed by atoms with E-state index in [0.29, 0.717) is 11.1 Å². The number of halogens is 3. The van der Waals surface area contributed by atoms with Gasteiger partial charge in [0.2, 0.25) is 5.88 Å². The number of nitrogens with one attached hydrogen (secondary N) is 2. The number of hydrogen-bond donors (Lipinski definition) is 3. The van der Waals surface area contributed by atoms with Gasteiger partial charge in [-0.2, -0.15) is 8.78 Å². The summed E-state index contributed by atoms with van der Waals surface area (Å²) < 4.78 is 30.7. The number of pyridine rings is 1. The van der Waals surface area contributed by atoms with Crippen LogP contribution in [0.3, 0.4) is 0 Å². The number of nitrogens with two attached hydrogens (primary N) is 1. The standard InChI is InChI=1S/C18H13ClF2N8O3/c1-7-5-9-14(26-28-25-9)12(15(22)30)13(7)24-17(31)10-6-11(32-18(20)21)27-29(10)16-8(19)3-2-4-23-16/h2-6,18H,1H3,(H2,22,30)(H,24,31)(H,25,26,28). The summed E-state index contributed by atoms with van der Waals surface area (Å²) in [5.74, 6) is -2.20. The van der Waals surface area contributed by atoms with Crippen molar-refractivity contribution in [1.82, 2.24) is 30.2 Å². The highest BCUT2D eigenvalue weighted by atomic mass is 35.5. The van der Waals surface area contributed by atoms with Gasteiger partial charge < -0.3 is 15.8 Å². The molecule has 0 radical (unpaired) electrons. The third-order valence-corrected chi connectivity index (χ3v) is 4.67. The largest absolute Gasteiger partial charge is 0.415 e. The average molecular weight is 463 g/mol. The van der Waals surface area contributed by atoms with Crippen LogP contribution < -0.4 is 15.8 Å². The number of ether oxygens (including phenoxy) is 1. The Morgan fingerprint density at radius 1 is 1.34 bits per heavy atom. The summed E-state index contributed by atoms with van der Waals surface area (Å²) in [6, 6.07) is 5.60. The second-order valence-electron chi connectivity index (χ2n) is 6.43. The van der Waals surface area contributed by atoms with Crippen molar-refractivity contribution in [3.05, 3.63) is 52.3 Å². The molecule has 4 rings (SSSR count). The highest BCUT2D eigenvalue weighted by molar-refractivity contribution is 6.32. The molecule has 0 saturated carbocycles. The number of carbonyl (C=O) groups is 2. The molecule has 0 bridgehead atoms. The minimum absolute atomic E-state index is 0.00324. The first-order valence-electron chi connectivity index (χ1n) is 8.87. The number of alkyl halides is 2. The number of anilines is 1. The highest BCUT2D eigenvalue weighted by Gasteiger charge is 2.25. The Balaban J connectivity index is 1.81. The molecule has 0 saturated heterocycles. The SMILES string of the molecule is Cc1cc2nn[nH]c2c(C(N)=O)c1NC(=O)c1cc(OC(F)F)nn1-c1ncccc1Cl. The van der Waals surface area contributed by atoms with E-state index in [-0.39, 0.29) is 33.3 Å². The van der Waals surface area contributed by atoms with Crippen LogP contribution in [0.2, 0.25) is 5.02 Å². The first-order valence-corrected chi connectivity index (χ1v) is 9.25. The van der Waals surface area contributed by atoms with E-state index in [1.165, 1.54) is 12.3 Å². The van der Waals surface area contributed by atoms with Crippen molar-refractivity contribution >= 4 is 40.1 Å². The summed E-state index contributed by atoms with van der Waals surface area (Å²) in [6.45, 7) is -1.55. The van der Waals surface area contributed by atoms with Gasteiger partial charge >= 0.3 is 6.61 Å². The smallest absolute Gasteiger partial charge is 0.388 e. The van der Waals surface area contributed by atoms with E-state index in [9.17, 15) is 18.4 Å². The molecule has 164 valence electrons. The van der Waals surface area contributed by atoms with Crippen molar-refractivity contribution in [3.63, 3.8) is 0 Å². The highest BCUT2D eigenvalue weighted by Crippen LogP contribution is 2.29. The van der Waals surface area contributed by atoms with Crippen molar-refractivity contribution in [2.75, 3.05) is 5.32 Å². The zero-order valence-electron chi connectivity index (χ0n) is 16.1. The number of H-pyrrole nitrogens is 1. The van der Waals surface area contributed by atoms with Gasteiger partial charge in [0.05, 0.1) is 16.3 Å². The van der Waals surface area contributed by atoms with Crippen LogP contribution >= 0.6 is 11.6 Å². The fourth-order valence-corrected chi connectivity index (χ4v) is 3.27. The Morgan fingerprint density at radius 3 is 2.81 bits per heavy atom. The maximum Gasteiger partial charge on any atom is 0.388 e. The zero-order valence-corrected chi connectivity index (χ0v) is 16.9. The molecule has 0 fully saturated rings. The summed E-state index contributed by atoms with van der Waals surface area (Å²) in [5.41, 5.74) is 6.35. The molecule has 0 aliphatic carbocycles. The van der Waals surface area contributed by atoms with Gasteiger partial charge in [-0.1, -0.05) is 16.8 Å². The van der Waals surface area contributed by atoms with Crippen molar-refractivity contribution < 1.29 is 23.1 Å². The molecule has 3 aromatic heterocycles. The van der Waals surface area contributed by atoms with Gasteiger partial charge in [0.25, 0.3) is 11.8 Å². The lowest BCUT2D eigenvalue weighted by atomic mass is 10.0. The van der Waals surface area contributed by atoms with Crippen molar-refractivity contribution in [2.24, 2.45) is 5.73 Å². The lowest BCUT2D eigenvalue weighted by molar-refractivity contribution is -0.0530. The molecule has 0 unspecified atom stereocenters. The van der Waals surface area contributed by atoms with Crippen LogP contribution in [0, 0.1) is 6.92 Å². The Labute approximate surface area is 182 Å². The normalized spacial score (nSPS) is 11.2. The van der Waals surface area contributed by atoms with Crippen LogP contribution in [-0.4, -0.2) is 48.6 Å². The number of hydrogen-bond acceptors (Lipinski definition) is 7. The van der Waals surface area contributed by atoms with E-state index < -0.39 is 24.3 Å². The number of amides is 2. The van der Waals surface area contributed by atoms with Gasteiger partial charge in [0.15, 0.2) is 5.82 Å². The molecule has 0 atom stereocenters. The third-order valence-electron chi connectivity index (χ3n) is 4.38. The second kappa shape index (κ2) is 8.19. The van der Waals surface area contributed by atoms with E-state index >= 15 is 0 Å². The lowest BCUT2D eigenvalue weighted by Gasteiger charge is -2.13. The number of aromatic nitrogens is 6. The molecule has 11 nitrogen and oxygen atoms in total. The van der Waals surface area contributed by atoms with Crippen LogP contribution in [0.5, 0.6) is 5.88 Å². The van der Waals surface area contributed by atoms with Gasteiger partial charge in [-0.15, -0.1) is 10.2 Å². The quantitative estimate of drug-likeness (QED) is 0.397. The van der Waals surface area contributed by atoms with E-state index in [2.05, 4.69) is 35.5 Å². The third kappa shape index (κ3) is 3.80. The molecule has 0 aliphatic heterocycles. The molecule has 14 heteroatoms. The summed E-state index contributed by atoms with van der Waals surface area (Å²) >= 11 is 6.13. The predicted octanol–water partition coefficient (Wildman–Crippen LogP) is 2.45. The number of fused-ring (bicyclic) bond motifs is 1. The topological polar surface area (TPSA) is 154 Å². The van der Waals surface area contributed by atoms with Crippen molar-refractivity contribution in [2.45, 2.75) is 13.5 Å². The molecule has 3 heterocycles. The first-order chi connectivity index (χ1) is 15.3. The Kier molecular flexibility index (Phi) is 5.40. The Morgan fingerprint density at radius 2 is 2.12 bits per heavy atom. The molecule has 32 heavy (non-hydrogen) atoms. The monoisotopic (exact) mass is 462 g/mol. The van der Waals surface area contributed by atoms with Gasteiger partial charge in [0.1, 0.15) is 16.7 Å². The summed E-state index contributed by atoms with van der Waals surface area (Å²) in [7, 11) is 0. The number of nitrogens with zero attached hydrogens (tertiary/aromatic N) is 5. The fourth-order valence-electron chi connectivity index (χ4n) is 3.07. The van der Waals surface area contributed by atoms with Crippen LogP contribution in [-0.2, 0) is 0 Å². The molecule has 0 spiro atoms. The number of rotatable bonds is 6. The van der Waals surface area contributed by atoms with Gasteiger partial charge in [-0.25, -0.2) is 9.67 Å². The molecule has 2 amide bonds. The predicted molar refractivity (Wildman–Crippen MR) is 108 cm³/mol. The number of aromatic amines is 1. The second-order valence-corrected chi connectivity index (χ2v) is 6.84. The van der Waals surface area contributed by atoms with Crippen LogP contribution in [0.4, 0.5) is 14.5 Å². The summed E-state index contributed by atoms with van der Waals surface area (Å²) in [4.78, 5) is 29.3. The lowest BCUT2D eigenvalue weighted by Crippen LogP contribution is -2.22. The minimum Gasteiger partial charge on any atom is -0.415 e. The van der Waals surface area contributed by atoms with Gasteiger partial charge in [-0.05, 0) is 30.7 Å². The summed E-state index contributed by atoms with van der Waals surface area (Å²) in [6.07, 6.45) is 1.38. The molecule has 4 aromatic rings. The number of aryl methyl sites for hydroxylation is 1. The Hall–Kier alpha value is -4.13.